The number of carboxylic acid groups (broad SMARTS) is 1. The quantitative estimate of drug-likeness (QED) is 0.423. The van der Waals surface area contributed by atoms with E-state index in [2.05, 4.69) is 4.74 Å². The number of hydrogen-bond donors (Lipinski definition) is 1. The van der Waals surface area contributed by atoms with Crippen LogP contribution < -0.4 is 0 Å². The van der Waals surface area contributed by atoms with Gasteiger partial charge in [0.2, 0.25) is 5.91 Å². The van der Waals surface area contributed by atoms with Gasteiger partial charge < -0.3 is 14.7 Å². The average Bonchev–Trinajstić information content (AvgIpc) is 2.54. The maximum Gasteiger partial charge on any atom is 0.505 e. The Morgan fingerprint density at radius 1 is 1.04 bits per heavy atom. The number of Topliss-reactive ketones (excluding diaryl/α,β-unsaturated/α-hetero) is 2. The van der Waals surface area contributed by atoms with Gasteiger partial charge in [-0.05, 0) is 27.2 Å². The van der Waals surface area contributed by atoms with Gasteiger partial charge in [-0.25, -0.2) is 4.79 Å². The average molecular weight is 365 g/mol. The van der Waals surface area contributed by atoms with E-state index < -0.39 is 11.6 Å². The summed E-state index contributed by atoms with van der Waals surface area (Å²) in [6.45, 7) is 8.82. The Morgan fingerprint density at radius 2 is 1.58 bits per heavy atom. The maximum absolute atomic E-state index is 12.7. The molecule has 0 unspecified atom stereocenters. The fourth-order valence-corrected chi connectivity index (χ4v) is 3.10. The molecule has 0 spiro atoms. The third kappa shape index (κ3) is 4.80. The molecular formula is C19H27NO6. The van der Waals surface area contributed by atoms with E-state index in [1.165, 1.54) is 4.90 Å². The Morgan fingerprint density at radius 3 is 2.12 bits per heavy atom. The van der Waals surface area contributed by atoms with Crippen LogP contribution in [-0.4, -0.2) is 53.8 Å². The molecular weight excluding hydrogens is 338 g/mol. The molecule has 144 valence electrons. The highest BCUT2D eigenvalue weighted by Gasteiger charge is 2.38. The van der Waals surface area contributed by atoms with E-state index in [-0.39, 0.29) is 30.5 Å². The molecule has 7 heteroatoms. The molecule has 0 atom stereocenters. The molecule has 7 nitrogen and oxygen atoms in total. The van der Waals surface area contributed by atoms with Crippen LogP contribution in [0, 0.1) is 5.41 Å². The smallest absolute Gasteiger partial charge is 0.450 e. The second-order valence-electron chi connectivity index (χ2n) is 7.25. The van der Waals surface area contributed by atoms with Crippen molar-refractivity contribution in [2.45, 2.75) is 47.5 Å². The van der Waals surface area contributed by atoms with Crippen LogP contribution in [0.5, 0.6) is 0 Å². The lowest BCUT2D eigenvalue weighted by atomic mass is 9.71. The van der Waals surface area contributed by atoms with Crippen LogP contribution in [0.4, 0.5) is 4.79 Å². The van der Waals surface area contributed by atoms with E-state index in [4.69, 9.17) is 5.11 Å². The molecule has 0 aliphatic heterocycles. The molecule has 0 saturated carbocycles. The molecule has 26 heavy (non-hydrogen) atoms. The zero-order chi connectivity index (χ0) is 20.2. The lowest BCUT2D eigenvalue weighted by molar-refractivity contribution is -0.131. The molecule has 0 bridgehead atoms. The summed E-state index contributed by atoms with van der Waals surface area (Å²) in [7, 11) is 1.61. The first kappa shape index (κ1) is 21.6. The maximum atomic E-state index is 12.7. The highest BCUT2D eigenvalue weighted by Crippen LogP contribution is 2.39. The normalized spacial score (nSPS) is 15.5. The predicted molar refractivity (Wildman–Crippen MR) is 95.7 cm³/mol. The molecule has 1 aliphatic carbocycles. The molecule has 0 saturated heterocycles. The number of amides is 1. The van der Waals surface area contributed by atoms with Crippen molar-refractivity contribution in [1.82, 2.24) is 4.90 Å². The number of allylic oxidation sites excluding steroid dienone is 4. The summed E-state index contributed by atoms with van der Waals surface area (Å²) in [4.78, 5) is 49.4. The van der Waals surface area contributed by atoms with Gasteiger partial charge in [-0.15, -0.1) is 0 Å². The van der Waals surface area contributed by atoms with Gasteiger partial charge in [0.1, 0.15) is 0 Å². The number of rotatable bonds is 7. The van der Waals surface area contributed by atoms with E-state index in [0.717, 1.165) is 0 Å². The topological polar surface area (TPSA) is 101 Å². The van der Waals surface area contributed by atoms with Crippen molar-refractivity contribution in [1.29, 1.82) is 0 Å². The van der Waals surface area contributed by atoms with Gasteiger partial charge in [-0.3, -0.25) is 14.4 Å². The molecule has 1 amide bonds. The number of ketones is 2. The van der Waals surface area contributed by atoms with Crippen LogP contribution >= 0.6 is 0 Å². The summed E-state index contributed by atoms with van der Waals surface area (Å²) in [5, 5.41) is 8.43. The molecule has 1 aliphatic rings. The predicted octanol–water partition coefficient (Wildman–Crippen LogP) is 2.75. The Balaban J connectivity index is 2.85. The van der Waals surface area contributed by atoms with Crippen LogP contribution in [0.3, 0.4) is 0 Å². The van der Waals surface area contributed by atoms with E-state index in [1.807, 2.05) is 0 Å². The summed E-state index contributed by atoms with van der Waals surface area (Å²) in [5.41, 5.74) is 0.876. The van der Waals surface area contributed by atoms with Gasteiger partial charge in [0, 0.05) is 47.7 Å². The number of carbonyl (C=O) groups excluding carboxylic acids is 3. The van der Waals surface area contributed by atoms with Crippen LogP contribution in [0.25, 0.3) is 0 Å². The minimum absolute atomic E-state index is 0.0108. The fraction of sp³-hybridized carbons (Fsp3) is 0.579. The fourth-order valence-electron chi connectivity index (χ4n) is 3.10. The lowest BCUT2D eigenvalue weighted by Crippen LogP contribution is -2.36. The third-order valence-electron chi connectivity index (χ3n) is 4.75. The first-order valence-corrected chi connectivity index (χ1v) is 8.48. The van der Waals surface area contributed by atoms with Gasteiger partial charge >= 0.3 is 6.16 Å². The zero-order valence-electron chi connectivity index (χ0n) is 16.3. The molecule has 1 N–H and O–H groups in total. The highest BCUT2D eigenvalue weighted by molar-refractivity contribution is 6.25. The van der Waals surface area contributed by atoms with Gasteiger partial charge in [0.15, 0.2) is 11.6 Å². The number of ether oxygens (including phenoxy) is 1. The summed E-state index contributed by atoms with van der Waals surface area (Å²) in [5.74, 6) is -0.526. The van der Waals surface area contributed by atoms with Crippen molar-refractivity contribution < 1.29 is 29.0 Å². The Hall–Kier alpha value is -2.44. The lowest BCUT2D eigenvalue weighted by Gasteiger charge is -2.32. The van der Waals surface area contributed by atoms with Crippen molar-refractivity contribution in [3.8, 4) is 0 Å². The molecule has 1 rings (SSSR count). The molecule has 0 fully saturated rings. The molecule has 0 aromatic rings. The van der Waals surface area contributed by atoms with Crippen LogP contribution in [0.1, 0.15) is 47.5 Å². The van der Waals surface area contributed by atoms with E-state index in [1.54, 1.807) is 41.7 Å². The monoisotopic (exact) mass is 365 g/mol. The summed E-state index contributed by atoms with van der Waals surface area (Å²) in [6.07, 6.45) is -0.891. The summed E-state index contributed by atoms with van der Waals surface area (Å²) < 4.78 is 4.41. The molecule has 0 aromatic carbocycles. The van der Waals surface area contributed by atoms with Gasteiger partial charge in [0.05, 0.1) is 6.61 Å². The van der Waals surface area contributed by atoms with Crippen molar-refractivity contribution in [2.24, 2.45) is 5.41 Å². The third-order valence-corrected chi connectivity index (χ3v) is 4.75. The number of carbonyl (C=O) groups is 4. The first-order chi connectivity index (χ1) is 11.9. The van der Waals surface area contributed by atoms with Crippen molar-refractivity contribution >= 4 is 23.6 Å². The summed E-state index contributed by atoms with van der Waals surface area (Å²) >= 11 is 0. The number of hydrogen-bond acceptors (Lipinski definition) is 5. The molecule has 0 radical (unpaired) electrons. The molecule has 0 heterocycles. The number of nitrogens with zero attached hydrogens (tertiary/aromatic N) is 1. The van der Waals surface area contributed by atoms with Crippen LogP contribution in [0.15, 0.2) is 22.3 Å². The van der Waals surface area contributed by atoms with E-state index in [0.29, 0.717) is 35.3 Å². The molecule has 0 aromatic heterocycles. The SMILES string of the molecule is CC1=C(C)C(=O)C(C(C)(C)CC(=O)N(C)CCCOC(=O)O)=C(C)C1=O. The largest absolute Gasteiger partial charge is 0.505 e. The Kier molecular flexibility index (Phi) is 6.89. The Bertz CT molecular complexity index is 699. The zero-order valence-corrected chi connectivity index (χ0v) is 16.3. The minimum atomic E-state index is -1.35. The van der Waals surface area contributed by atoms with Crippen molar-refractivity contribution in [3.05, 3.63) is 22.3 Å². The van der Waals surface area contributed by atoms with Crippen LogP contribution in [-0.2, 0) is 19.1 Å². The Labute approximate surface area is 153 Å². The van der Waals surface area contributed by atoms with Crippen molar-refractivity contribution in [2.75, 3.05) is 20.2 Å². The minimum Gasteiger partial charge on any atom is -0.450 e. The van der Waals surface area contributed by atoms with Gasteiger partial charge in [0.25, 0.3) is 0 Å². The standard InChI is InChI=1S/C19H27NO6/c1-11-12(2)17(23)15(13(3)16(11)22)19(4,5)10-14(21)20(6)8-7-9-26-18(24)25/h7-10H2,1-6H3,(H,24,25). The van der Waals surface area contributed by atoms with E-state index in [9.17, 15) is 19.2 Å². The second-order valence-corrected chi connectivity index (χ2v) is 7.25. The van der Waals surface area contributed by atoms with Crippen LogP contribution in [0.2, 0.25) is 0 Å². The van der Waals surface area contributed by atoms with Gasteiger partial charge in [-0.1, -0.05) is 13.8 Å². The van der Waals surface area contributed by atoms with Gasteiger partial charge in [-0.2, -0.15) is 0 Å². The second kappa shape index (κ2) is 8.29. The highest BCUT2D eigenvalue weighted by atomic mass is 16.7. The first-order valence-electron chi connectivity index (χ1n) is 8.48. The van der Waals surface area contributed by atoms with Crippen molar-refractivity contribution in [3.63, 3.8) is 0 Å². The summed E-state index contributed by atoms with van der Waals surface area (Å²) in [6, 6.07) is 0. The van der Waals surface area contributed by atoms with E-state index >= 15 is 0 Å².